The van der Waals surface area contributed by atoms with E-state index in [2.05, 4.69) is 92.8 Å². The average molecular weight is 1020 g/mol. The van der Waals surface area contributed by atoms with E-state index in [9.17, 15) is 9.59 Å². The molecular formula is C39H49Br2IN4O6S2. The van der Waals surface area contributed by atoms with Crippen molar-refractivity contribution in [2.45, 2.75) is 101 Å². The number of likely N-dealkylation sites (N-methyl/N-ethyl adjacent to an activating group) is 1. The van der Waals surface area contributed by atoms with Crippen molar-refractivity contribution in [1.82, 2.24) is 15.5 Å². The quantitative estimate of drug-likeness (QED) is 0.175. The molecule has 2 aromatic rings. The number of thiocarbonyl (C=S) groups is 1. The Kier molecular flexibility index (Phi) is 12.8. The van der Waals surface area contributed by atoms with Crippen LogP contribution in [0.2, 0.25) is 0 Å². The molecule has 3 fully saturated rings. The lowest BCUT2D eigenvalue weighted by Gasteiger charge is -2.44. The van der Waals surface area contributed by atoms with Gasteiger partial charge in [0.1, 0.15) is 23.7 Å². The number of carbonyl (C=O) groups excluding carboxylic acids is 2. The molecule has 2 spiro atoms. The summed E-state index contributed by atoms with van der Waals surface area (Å²) in [4.78, 5) is 34.8. The molecule has 6 aliphatic rings. The molecule has 6 atom stereocenters. The molecule has 2 N–H and O–H groups in total. The van der Waals surface area contributed by atoms with Gasteiger partial charge in [-0.2, -0.15) is 0 Å². The van der Waals surface area contributed by atoms with Crippen molar-refractivity contribution in [3.05, 3.63) is 56.5 Å². The monoisotopic (exact) mass is 1020 g/mol. The van der Waals surface area contributed by atoms with Gasteiger partial charge in [-0.25, -0.2) is 4.99 Å². The highest BCUT2D eigenvalue weighted by molar-refractivity contribution is 14.1. The number of thioether (sulfide) groups is 1. The number of rotatable bonds is 2. The fourth-order valence-electron chi connectivity index (χ4n) is 8.77. The van der Waals surface area contributed by atoms with E-state index in [4.69, 9.17) is 36.2 Å². The maximum absolute atomic E-state index is 13.4. The first-order valence-electron chi connectivity index (χ1n) is 18.2. The van der Waals surface area contributed by atoms with Crippen molar-refractivity contribution in [2.75, 3.05) is 31.4 Å². The number of amidine groups is 1. The summed E-state index contributed by atoms with van der Waals surface area (Å²) in [5.74, 6) is 2.13. The SMILES string of the molecule is CC1(C)CC(C2CC3(NC(=S)NC3=O)c3cc(Br)ccc3O2)CCO1.CI.CSC1=NC2(CC(C3CCOC(C)(C)C3)Oc3ccc(Br)cc32)C(=O)N1C. The number of ether oxygens (including phenoxy) is 4. The number of fused-ring (bicyclic) bond motifs is 4. The number of hydrogen-bond acceptors (Lipinski definition) is 9. The van der Waals surface area contributed by atoms with Gasteiger partial charge in [-0.15, -0.1) is 0 Å². The fourth-order valence-corrected chi connectivity index (χ4v) is 10.4. The molecule has 3 saturated heterocycles. The number of alkyl halides is 1. The maximum Gasteiger partial charge on any atom is 0.261 e. The van der Waals surface area contributed by atoms with Crippen molar-refractivity contribution in [3.8, 4) is 11.5 Å². The first-order chi connectivity index (χ1) is 25.5. The Bertz CT molecular complexity index is 1830. The van der Waals surface area contributed by atoms with Crippen LogP contribution < -0.4 is 20.1 Å². The molecule has 10 nitrogen and oxygen atoms in total. The van der Waals surface area contributed by atoms with Crippen LogP contribution in [-0.4, -0.2) is 81.9 Å². The molecule has 2 aromatic carbocycles. The summed E-state index contributed by atoms with van der Waals surface area (Å²) in [6, 6.07) is 11.7. The summed E-state index contributed by atoms with van der Waals surface area (Å²) in [5.41, 5.74) is -0.384. The minimum atomic E-state index is -0.891. The lowest BCUT2D eigenvalue weighted by Crippen LogP contribution is -2.53. The van der Waals surface area contributed by atoms with Gasteiger partial charge < -0.3 is 29.6 Å². The average Bonchev–Trinajstić information content (AvgIpc) is 3.55. The molecule has 15 heteroatoms. The number of amides is 2. The molecule has 2 amide bonds. The maximum atomic E-state index is 13.4. The zero-order chi connectivity index (χ0) is 39.2. The predicted octanol–water partition coefficient (Wildman–Crippen LogP) is 8.25. The molecule has 0 aromatic heterocycles. The molecule has 0 aliphatic carbocycles. The molecule has 8 rings (SSSR count). The number of halogens is 3. The summed E-state index contributed by atoms with van der Waals surface area (Å²) in [6.07, 6.45) is 6.69. The lowest BCUT2D eigenvalue weighted by atomic mass is 9.75. The summed E-state index contributed by atoms with van der Waals surface area (Å²) in [6.45, 7) is 9.92. The summed E-state index contributed by atoms with van der Waals surface area (Å²) >= 11 is 15.9. The molecule has 0 saturated carbocycles. The van der Waals surface area contributed by atoms with Crippen LogP contribution in [0.15, 0.2) is 50.3 Å². The van der Waals surface area contributed by atoms with E-state index in [1.807, 2.05) is 54.6 Å². The molecule has 6 heterocycles. The number of carbonyl (C=O) groups is 2. The molecule has 6 unspecified atom stereocenters. The summed E-state index contributed by atoms with van der Waals surface area (Å²) in [7, 11) is 1.81. The Hall–Kier alpha value is -1.50. The van der Waals surface area contributed by atoms with Crippen molar-refractivity contribution in [1.29, 1.82) is 0 Å². The van der Waals surface area contributed by atoms with Crippen LogP contribution >= 0.6 is 78.4 Å². The van der Waals surface area contributed by atoms with E-state index < -0.39 is 11.1 Å². The van der Waals surface area contributed by atoms with Crippen molar-refractivity contribution < 1.29 is 28.5 Å². The Balaban J connectivity index is 0.000000177. The van der Waals surface area contributed by atoms with E-state index in [-0.39, 0.29) is 35.2 Å². The van der Waals surface area contributed by atoms with Gasteiger partial charge in [0.25, 0.3) is 11.8 Å². The third-order valence-corrected chi connectivity index (χ3v) is 13.1. The Morgan fingerprint density at radius 2 is 1.37 bits per heavy atom. The van der Waals surface area contributed by atoms with Crippen LogP contribution in [0.5, 0.6) is 11.5 Å². The van der Waals surface area contributed by atoms with Gasteiger partial charge >= 0.3 is 0 Å². The Morgan fingerprint density at radius 3 is 1.85 bits per heavy atom. The number of nitrogens with zero attached hydrogens (tertiary/aromatic N) is 2. The normalized spacial score (nSPS) is 31.7. The molecule has 294 valence electrons. The Morgan fingerprint density at radius 1 is 0.852 bits per heavy atom. The number of benzene rings is 2. The van der Waals surface area contributed by atoms with Gasteiger partial charge in [0, 0.05) is 65.0 Å². The van der Waals surface area contributed by atoms with Crippen LogP contribution in [0.4, 0.5) is 0 Å². The Labute approximate surface area is 358 Å². The highest BCUT2D eigenvalue weighted by atomic mass is 127. The molecule has 0 bridgehead atoms. The van der Waals surface area contributed by atoms with Crippen LogP contribution in [0, 0.1) is 11.8 Å². The van der Waals surface area contributed by atoms with Crippen molar-refractivity contribution in [2.24, 2.45) is 16.8 Å². The van der Waals surface area contributed by atoms with Gasteiger partial charge in [-0.05, 0) is 113 Å². The van der Waals surface area contributed by atoms with Crippen LogP contribution in [0.25, 0.3) is 0 Å². The molecule has 6 aliphatic heterocycles. The smallest absolute Gasteiger partial charge is 0.261 e. The first kappa shape index (κ1) is 42.1. The van der Waals surface area contributed by atoms with E-state index in [1.54, 1.807) is 4.90 Å². The second-order valence-electron chi connectivity index (χ2n) is 15.9. The highest BCUT2D eigenvalue weighted by Gasteiger charge is 2.56. The topological polar surface area (TPSA) is 111 Å². The van der Waals surface area contributed by atoms with Crippen LogP contribution in [-0.2, 0) is 30.1 Å². The standard InChI is InChI=1S/C20H25BrN2O3S.C18H21BrN2O3S.CH3I/c1-19(2)10-12(7-8-25-19)16-11-20(17(24)23(3)18(22-20)27-4)14-9-13(21)5-6-15(14)26-16;1-17(2)8-10(5-6-23-17)14-9-18(15(22)20-16(25)21-18)12-7-11(19)3-4-13(12)24-14;1-2/h5-6,9,12,16H,7-8,10-11H2,1-4H3;3-4,7,10,14H,5-6,8-9H2,1-2H3,(H2,20,21,22,25);1H3. The van der Waals surface area contributed by atoms with Crippen LogP contribution in [0.3, 0.4) is 0 Å². The van der Waals surface area contributed by atoms with Crippen molar-refractivity contribution in [3.63, 3.8) is 0 Å². The lowest BCUT2D eigenvalue weighted by molar-refractivity contribution is -0.134. The van der Waals surface area contributed by atoms with Gasteiger partial charge in [0.15, 0.2) is 21.4 Å². The summed E-state index contributed by atoms with van der Waals surface area (Å²) < 4.78 is 26.4. The molecular weight excluding hydrogens is 971 g/mol. The number of aliphatic imine (C=N–C) groups is 1. The second-order valence-corrected chi connectivity index (χ2v) is 18.9. The second kappa shape index (κ2) is 16.4. The first-order valence-corrected chi connectivity index (χ1v) is 23.6. The minimum Gasteiger partial charge on any atom is -0.490 e. The van der Waals surface area contributed by atoms with Gasteiger partial charge in [-0.1, -0.05) is 66.2 Å². The van der Waals surface area contributed by atoms with Gasteiger partial charge in [0.2, 0.25) is 0 Å². The zero-order valence-electron chi connectivity index (χ0n) is 31.7. The third-order valence-electron chi connectivity index (χ3n) is 11.2. The zero-order valence-corrected chi connectivity index (χ0v) is 38.7. The minimum absolute atomic E-state index is 0.0332. The third kappa shape index (κ3) is 8.25. The van der Waals surface area contributed by atoms with E-state index in [0.29, 0.717) is 29.8 Å². The summed E-state index contributed by atoms with van der Waals surface area (Å²) in [5, 5.41) is 7.14. The van der Waals surface area contributed by atoms with E-state index in [0.717, 1.165) is 75.6 Å². The number of hydrogen-bond donors (Lipinski definition) is 2. The molecule has 54 heavy (non-hydrogen) atoms. The fraction of sp³-hybridized carbons (Fsp3) is 0.590. The van der Waals surface area contributed by atoms with E-state index in [1.165, 1.54) is 11.8 Å². The van der Waals surface area contributed by atoms with Gasteiger partial charge in [0.05, 0.1) is 11.2 Å². The van der Waals surface area contributed by atoms with Gasteiger partial charge in [-0.3, -0.25) is 14.5 Å². The van der Waals surface area contributed by atoms with E-state index >= 15 is 0 Å². The predicted molar refractivity (Wildman–Crippen MR) is 233 cm³/mol. The van der Waals surface area contributed by atoms with Crippen LogP contribution in [0.1, 0.15) is 77.3 Å². The number of nitrogens with one attached hydrogen (secondary N) is 2. The largest absolute Gasteiger partial charge is 0.490 e. The van der Waals surface area contributed by atoms with Crippen molar-refractivity contribution >= 4 is 101 Å². The highest BCUT2D eigenvalue weighted by Crippen LogP contribution is 2.51. The molecule has 0 radical (unpaired) electrons.